The number of hydrogen-bond acceptors (Lipinski definition) is 1. The van der Waals surface area contributed by atoms with Crippen molar-refractivity contribution in [3.63, 3.8) is 0 Å². The van der Waals surface area contributed by atoms with Crippen molar-refractivity contribution < 1.29 is 0 Å². The summed E-state index contributed by atoms with van der Waals surface area (Å²) >= 11 is 0. The molecule has 0 saturated heterocycles. The highest BCUT2D eigenvalue weighted by Crippen LogP contribution is 2.44. The first-order valence-electron chi connectivity index (χ1n) is 4.39. The predicted octanol–water partition coefficient (Wildman–Crippen LogP) is 2.07. The third-order valence-corrected chi connectivity index (χ3v) is 2.56. The quantitative estimate of drug-likeness (QED) is 0.603. The van der Waals surface area contributed by atoms with Gasteiger partial charge in [0, 0.05) is 17.7 Å². The highest BCUT2D eigenvalue weighted by atomic mass is 15.0. The summed E-state index contributed by atoms with van der Waals surface area (Å²) < 4.78 is 0. The van der Waals surface area contributed by atoms with E-state index in [2.05, 4.69) is 18.5 Å². The smallest absolute Gasteiger partial charge is 0.0259 e. The van der Waals surface area contributed by atoms with E-state index in [0.29, 0.717) is 11.8 Å². The molecule has 60 valence electrons. The molecule has 11 heavy (non-hydrogen) atoms. The van der Waals surface area contributed by atoms with Crippen LogP contribution in [0.4, 0.5) is 0 Å². The summed E-state index contributed by atoms with van der Waals surface area (Å²) in [6.07, 6.45) is 5.99. The average Bonchev–Trinajstić information content (AvgIpc) is 2.82. The van der Waals surface area contributed by atoms with E-state index in [9.17, 15) is 0 Å². The zero-order valence-corrected chi connectivity index (χ0v) is 6.84. The maximum absolute atomic E-state index is 4.04. The average molecular weight is 149 g/mol. The van der Waals surface area contributed by atoms with Crippen LogP contribution in [0.25, 0.3) is 0 Å². The summed E-state index contributed by atoms with van der Waals surface area (Å²) in [4.78, 5) is 0. The molecule has 0 aliphatic heterocycles. The lowest BCUT2D eigenvalue weighted by atomic mass is 10.2. The Morgan fingerprint density at radius 2 is 2.18 bits per heavy atom. The molecule has 0 heterocycles. The van der Waals surface area contributed by atoms with Crippen LogP contribution in [-0.4, -0.2) is 6.04 Å². The Balaban J connectivity index is 1.77. The summed E-state index contributed by atoms with van der Waals surface area (Å²) in [5.74, 6) is 1.42. The Hall–Kier alpha value is -0.720. The van der Waals surface area contributed by atoms with Gasteiger partial charge in [-0.05, 0) is 25.2 Å². The van der Waals surface area contributed by atoms with Crippen LogP contribution in [0.5, 0.6) is 0 Å². The van der Waals surface area contributed by atoms with Gasteiger partial charge in [0.1, 0.15) is 0 Å². The van der Waals surface area contributed by atoms with E-state index in [1.54, 1.807) is 0 Å². The second-order valence-electron chi connectivity index (χ2n) is 3.69. The molecule has 0 amide bonds. The van der Waals surface area contributed by atoms with Crippen molar-refractivity contribution in [2.75, 3.05) is 0 Å². The van der Waals surface area contributed by atoms with Crippen molar-refractivity contribution in [1.29, 1.82) is 0 Å². The summed E-state index contributed by atoms with van der Waals surface area (Å²) in [6.45, 7) is 7.82. The molecule has 2 saturated carbocycles. The molecule has 0 radical (unpaired) electrons. The van der Waals surface area contributed by atoms with Gasteiger partial charge < -0.3 is 5.32 Å². The largest absolute Gasteiger partial charge is 0.386 e. The Morgan fingerprint density at radius 1 is 1.45 bits per heavy atom. The fourth-order valence-electron chi connectivity index (χ4n) is 1.47. The Labute approximate surface area is 68.2 Å². The molecule has 1 N–H and O–H groups in total. The van der Waals surface area contributed by atoms with E-state index >= 15 is 0 Å². The van der Waals surface area contributed by atoms with Crippen LogP contribution < -0.4 is 5.32 Å². The lowest BCUT2D eigenvalue weighted by molar-refractivity contribution is 0.726. The van der Waals surface area contributed by atoms with Crippen LogP contribution >= 0.6 is 0 Å². The van der Waals surface area contributed by atoms with Crippen molar-refractivity contribution in [3.8, 4) is 0 Å². The summed E-state index contributed by atoms with van der Waals surface area (Å²) in [7, 11) is 0. The normalized spacial score (nSPS) is 34.5. The van der Waals surface area contributed by atoms with Gasteiger partial charge in [-0.1, -0.05) is 12.7 Å². The number of rotatable bonds is 4. The second kappa shape index (κ2) is 2.40. The zero-order chi connectivity index (χ0) is 7.84. The molecule has 2 aliphatic rings. The Bertz CT molecular complexity index is 191. The fourth-order valence-corrected chi connectivity index (χ4v) is 1.47. The number of nitrogens with one attached hydrogen (secondary N) is 1. The molecule has 2 rings (SSSR count). The molecule has 2 fully saturated rings. The predicted molar refractivity (Wildman–Crippen MR) is 47.1 cm³/mol. The molecule has 0 spiro atoms. The fraction of sp³-hybridized carbons (Fsp3) is 0.600. The van der Waals surface area contributed by atoms with Gasteiger partial charge in [-0.15, -0.1) is 6.58 Å². The lowest BCUT2D eigenvalue weighted by Crippen LogP contribution is -2.16. The van der Waals surface area contributed by atoms with Crippen LogP contribution in [0.2, 0.25) is 0 Å². The molecule has 0 aromatic rings. The van der Waals surface area contributed by atoms with Crippen LogP contribution in [-0.2, 0) is 0 Å². The first-order valence-corrected chi connectivity index (χ1v) is 4.39. The topological polar surface area (TPSA) is 12.0 Å². The molecule has 2 unspecified atom stereocenters. The van der Waals surface area contributed by atoms with Crippen LogP contribution in [0.3, 0.4) is 0 Å². The van der Waals surface area contributed by atoms with E-state index < -0.39 is 0 Å². The maximum Gasteiger partial charge on any atom is 0.0259 e. The molecule has 1 nitrogen and oxygen atoms in total. The highest BCUT2D eigenvalue weighted by Gasteiger charge is 2.38. The van der Waals surface area contributed by atoms with Crippen LogP contribution in [0.15, 0.2) is 24.9 Å². The molecule has 0 bridgehead atoms. The van der Waals surface area contributed by atoms with Gasteiger partial charge in [0.15, 0.2) is 0 Å². The number of hydrogen-bond donors (Lipinski definition) is 1. The molecule has 0 aromatic heterocycles. The molecule has 1 heteroatoms. The third-order valence-electron chi connectivity index (χ3n) is 2.56. The van der Waals surface area contributed by atoms with Crippen molar-refractivity contribution in [1.82, 2.24) is 5.32 Å². The SMILES string of the molecule is C=CC1CC1C(=C)NC1CC1. The minimum absolute atomic E-state index is 0.702. The first kappa shape index (κ1) is 6.96. The standard InChI is InChI=1S/C10H15N/c1-3-8-6-10(8)7(2)11-9-4-5-9/h3,8-11H,1-2,4-6H2. The van der Waals surface area contributed by atoms with Crippen LogP contribution in [0.1, 0.15) is 19.3 Å². The van der Waals surface area contributed by atoms with E-state index in [4.69, 9.17) is 0 Å². The third kappa shape index (κ3) is 1.47. The van der Waals surface area contributed by atoms with Crippen LogP contribution in [0, 0.1) is 11.8 Å². The minimum atomic E-state index is 0.702. The molecular weight excluding hydrogens is 134 g/mol. The van der Waals surface area contributed by atoms with E-state index in [1.807, 2.05) is 6.08 Å². The van der Waals surface area contributed by atoms with Gasteiger partial charge >= 0.3 is 0 Å². The minimum Gasteiger partial charge on any atom is -0.386 e. The van der Waals surface area contributed by atoms with E-state index in [0.717, 1.165) is 6.04 Å². The van der Waals surface area contributed by atoms with Gasteiger partial charge in [0.2, 0.25) is 0 Å². The zero-order valence-electron chi connectivity index (χ0n) is 6.84. The van der Waals surface area contributed by atoms with Gasteiger partial charge in [-0.25, -0.2) is 0 Å². The van der Waals surface area contributed by atoms with E-state index in [1.165, 1.54) is 25.0 Å². The Morgan fingerprint density at radius 3 is 2.64 bits per heavy atom. The van der Waals surface area contributed by atoms with Gasteiger partial charge in [-0.2, -0.15) is 0 Å². The Kier molecular flexibility index (Phi) is 1.52. The second-order valence-corrected chi connectivity index (χ2v) is 3.69. The van der Waals surface area contributed by atoms with E-state index in [-0.39, 0.29) is 0 Å². The van der Waals surface area contributed by atoms with Gasteiger partial charge in [0.05, 0.1) is 0 Å². The van der Waals surface area contributed by atoms with Gasteiger partial charge in [-0.3, -0.25) is 0 Å². The molecule has 2 aliphatic carbocycles. The first-order chi connectivity index (χ1) is 5.31. The van der Waals surface area contributed by atoms with Crippen molar-refractivity contribution in [2.24, 2.45) is 11.8 Å². The monoisotopic (exact) mass is 149 g/mol. The maximum atomic E-state index is 4.04. The summed E-state index contributed by atoms with van der Waals surface area (Å²) in [5, 5.41) is 3.44. The van der Waals surface area contributed by atoms with Crippen molar-refractivity contribution in [3.05, 3.63) is 24.9 Å². The van der Waals surface area contributed by atoms with Crippen molar-refractivity contribution in [2.45, 2.75) is 25.3 Å². The lowest BCUT2D eigenvalue weighted by Gasteiger charge is -2.05. The van der Waals surface area contributed by atoms with Gasteiger partial charge in [0.25, 0.3) is 0 Å². The molecule has 2 atom stereocenters. The number of allylic oxidation sites excluding steroid dienone is 2. The molecule has 0 aromatic carbocycles. The highest BCUT2D eigenvalue weighted by molar-refractivity contribution is 5.16. The summed E-state index contributed by atoms with van der Waals surface area (Å²) in [6, 6.07) is 0.758. The van der Waals surface area contributed by atoms with Crippen molar-refractivity contribution >= 4 is 0 Å². The summed E-state index contributed by atoms with van der Waals surface area (Å²) in [5.41, 5.74) is 1.25. The molecular formula is C10H15N.